The number of nitrogens with zero attached hydrogens (tertiary/aromatic N) is 1. The summed E-state index contributed by atoms with van der Waals surface area (Å²) < 4.78 is 13.2. The van der Waals surface area contributed by atoms with E-state index in [4.69, 9.17) is 9.47 Å². The Hall–Kier alpha value is -0.610. The molecule has 4 saturated carbocycles. The van der Waals surface area contributed by atoms with Crippen molar-refractivity contribution in [1.82, 2.24) is 0 Å². The van der Waals surface area contributed by atoms with Gasteiger partial charge in [-0.3, -0.25) is 0 Å². The van der Waals surface area contributed by atoms with Gasteiger partial charge in [0.25, 0.3) is 0 Å². The first-order valence-corrected chi connectivity index (χ1v) is 12.4. The average molecular weight is 421 g/mol. The molecule has 0 aromatic rings. The van der Waals surface area contributed by atoms with Gasteiger partial charge in [-0.05, 0) is 66.6 Å². The van der Waals surface area contributed by atoms with Crippen molar-refractivity contribution in [2.24, 2.45) is 33.5 Å². The molecule has 0 radical (unpaired) electrons. The number of carbonyl (C=O) groups excluding carboxylic acids is 1. The predicted molar refractivity (Wildman–Crippen MR) is 120 cm³/mol. The van der Waals surface area contributed by atoms with Crippen molar-refractivity contribution in [3.05, 3.63) is 0 Å². The predicted octanol–water partition coefficient (Wildman–Crippen LogP) is 5.05. The van der Waals surface area contributed by atoms with Crippen molar-refractivity contribution >= 4 is 5.97 Å². The standard InChI is InChI=1S/C26H46NO3/c1-23(2)18-9-11-25(23,5)20(15-18)29-14-13-27(7,8)17-22(28)30-21-16-19-10-12-26(21,6)24(19,3)4/h18-21H,9-17H2,1-8H3/q+1/t18-,19+,20-,21-,25-,26+/m0/s1. The summed E-state index contributed by atoms with van der Waals surface area (Å²) in [5.74, 6) is 1.46. The third-order valence-electron chi connectivity index (χ3n) is 11.3. The number of ether oxygens (including phenoxy) is 2. The third-order valence-corrected chi connectivity index (χ3v) is 11.3. The lowest BCUT2D eigenvalue weighted by molar-refractivity contribution is -0.883. The van der Waals surface area contributed by atoms with Crippen molar-refractivity contribution in [3.63, 3.8) is 0 Å². The molecule has 0 aromatic carbocycles. The van der Waals surface area contributed by atoms with Crippen LogP contribution in [-0.2, 0) is 14.3 Å². The monoisotopic (exact) mass is 420 g/mol. The van der Waals surface area contributed by atoms with Gasteiger partial charge >= 0.3 is 5.97 Å². The van der Waals surface area contributed by atoms with Crippen LogP contribution in [0.2, 0.25) is 0 Å². The van der Waals surface area contributed by atoms with E-state index in [0.29, 0.717) is 33.9 Å². The van der Waals surface area contributed by atoms with Crippen LogP contribution in [0.25, 0.3) is 0 Å². The maximum atomic E-state index is 12.8. The zero-order valence-corrected chi connectivity index (χ0v) is 20.8. The molecule has 172 valence electrons. The topological polar surface area (TPSA) is 35.5 Å². The highest BCUT2D eigenvalue weighted by molar-refractivity contribution is 5.71. The van der Waals surface area contributed by atoms with Crippen LogP contribution in [0.5, 0.6) is 0 Å². The van der Waals surface area contributed by atoms with E-state index in [9.17, 15) is 4.79 Å². The Bertz CT molecular complexity index is 698. The summed E-state index contributed by atoms with van der Waals surface area (Å²) in [5, 5.41) is 0. The van der Waals surface area contributed by atoms with Gasteiger partial charge in [0, 0.05) is 5.41 Å². The molecular formula is C26H46NO3+. The number of rotatable bonds is 7. The van der Waals surface area contributed by atoms with E-state index < -0.39 is 0 Å². The number of fused-ring (bicyclic) bond motifs is 4. The maximum Gasteiger partial charge on any atom is 0.362 e. The summed E-state index contributed by atoms with van der Waals surface area (Å²) in [7, 11) is 4.26. The van der Waals surface area contributed by atoms with Crippen LogP contribution >= 0.6 is 0 Å². The molecule has 4 rings (SSSR count). The SMILES string of the molecule is CC1(C)[C@H]2CC[C@@]1(C)[C@@H](OCC[N+](C)(C)CC(=O)O[C@H]1C[C@H]3CC[C@@]1(C)C3(C)C)C2. The molecule has 0 amide bonds. The first-order valence-electron chi connectivity index (χ1n) is 12.4. The van der Waals surface area contributed by atoms with E-state index in [-0.39, 0.29) is 22.9 Å². The van der Waals surface area contributed by atoms with Crippen molar-refractivity contribution in [2.75, 3.05) is 33.8 Å². The Kier molecular flexibility index (Phi) is 5.22. The normalized spacial score (nSPS) is 43.3. The molecular weight excluding hydrogens is 374 g/mol. The second kappa shape index (κ2) is 6.94. The maximum absolute atomic E-state index is 12.8. The van der Waals surface area contributed by atoms with E-state index in [0.717, 1.165) is 25.5 Å². The smallest absolute Gasteiger partial charge is 0.362 e. The molecule has 4 aliphatic carbocycles. The van der Waals surface area contributed by atoms with Crippen LogP contribution in [0.1, 0.15) is 80.1 Å². The third kappa shape index (κ3) is 3.18. The van der Waals surface area contributed by atoms with Crippen LogP contribution < -0.4 is 0 Å². The lowest BCUT2D eigenvalue weighted by Gasteiger charge is -2.40. The summed E-state index contributed by atoms with van der Waals surface area (Å²) in [5.41, 5.74) is 1.10. The van der Waals surface area contributed by atoms with Gasteiger partial charge < -0.3 is 14.0 Å². The number of likely N-dealkylation sites (N-methyl/N-ethyl adjacent to an activating group) is 1. The van der Waals surface area contributed by atoms with Gasteiger partial charge in [-0.1, -0.05) is 41.5 Å². The summed E-state index contributed by atoms with van der Waals surface area (Å²) in [6.45, 7) is 16.4. The molecule has 4 bridgehead atoms. The van der Waals surface area contributed by atoms with Gasteiger partial charge in [0.15, 0.2) is 6.54 Å². The van der Waals surface area contributed by atoms with E-state index in [2.05, 4.69) is 55.6 Å². The molecule has 0 heterocycles. The number of hydrogen-bond acceptors (Lipinski definition) is 3. The van der Waals surface area contributed by atoms with E-state index in [1.54, 1.807) is 0 Å². The molecule has 0 spiro atoms. The number of esters is 1. The number of carbonyl (C=O) groups is 1. The zero-order chi connectivity index (χ0) is 22.2. The highest BCUT2D eigenvalue weighted by Crippen LogP contribution is 2.67. The van der Waals surface area contributed by atoms with Gasteiger partial charge in [0.2, 0.25) is 0 Å². The molecule has 30 heavy (non-hydrogen) atoms. The molecule has 0 aromatic heterocycles. The number of quaternary nitrogens is 1. The quantitative estimate of drug-likeness (QED) is 0.427. The largest absolute Gasteiger partial charge is 0.458 e. The second-order valence-corrected chi connectivity index (χ2v) is 13.4. The average Bonchev–Trinajstić information content (AvgIpc) is 3.13. The molecule has 0 N–H and O–H groups in total. The Morgan fingerprint density at radius 1 is 0.867 bits per heavy atom. The van der Waals surface area contributed by atoms with Crippen molar-refractivity contribution < 1.29 is 18.8 Å². The fourth-order valence-electron chi connectivity index (χ4n) is 7.76. The van der Waals surface area contributed by atoms with Crippen molar-refractivity contribution in [3.8, 4) is 0 Å². The van der Waals surface area contributed by atoms with Gasteiger partial charge in [-0.2, -0.15) is 0 Å². The highest BCUT2D eigenvalue weighted by atomic mass is 16.5. The Labute approximate surface area is 184 Å². The van der Waals surface area contributed by atoms with Gasteiger partial charge in [-0.15, -0.1) is 0 Å². The summed E-state index contributed by atoms with van der Waals surface area (Å²) >= 11 is 0. The molecule has 4 nitrogen and oxygen atoms in total. The van der Waals surface area contributed by atoms with Crippen molar-refractivity contribution in [2.45, 2.75) is 92.3 Å². The lowest BCUT2D eigenvalue weighted by atomic mass is 9.70. The minimum Gasteiger partial charge on any atom is -0.458 e. The summed E-state index contributed by atoms with van der Waals surface area (Å²) in [6.07, 6.45) is 7.83. The minimum absolute atomic E-state index is 0.0393. The van der Waals surface area contributed by atoms with Crippen LogP contribution in [0.15, 0.2) is 0 Å². The molecule has 0 saturated heterocycles. The zero-order valence-electron chi connectivity index (χ0n) is 20.8. The second-order valence-electron chi connectivity index (χ2n) is 13.4. The molecule has 6 atom stereocenters. The first-order chi connectivity index (χ1) is 13.7. The molecule has 0 unspecified atom stereocenters. The van der Waals surface area contributed by atoms with Gasteiger partial charge in [0.1, 0.15) is 12.6 Å². The van der Waals surface area contributed by atoms with Crippen LogP contribution in [-0.4, -0.2) is 56.5 Å². The highest BCUT2D eigenvalue weighted by Gasteiger charge is 2.63. The van der Waals surface area contributed by atoms with Crippen LogP contribution in [0.4, 0.5) is 0 Å². The molecule has 0 aliphatic heterocycles. The summed E-state index contributed by atoms with van der Waals surface area (Å²) in [6, 6.07) is 0. The number of hydrogen-bond donors (Lipinski definition) is 0. The minimum atomic E-state index is -0.0393. The molecule has 4 aliphatic rings. The fraction of sp³-hybridized carbons (Fsp3) is 0.962. The first kappa shape index (κ1) is 22.6. The molecule has 4 fully saturated rings. The summed E-state index contributed by atoms with van der Waals surface area (Å²) in [4.78, 5) is 12.8. The molecule has 4 heteroatoms. The van der Waals surface area contributed by atoms with Gasteiger partial charge in [-0.25, -0.2) is 4.79 Å². The van der Waals surface area contributed by atoms with E-state index >= 15 is 0 Å². The van der Waals surface area contributed by atoms with Gasteiger partial charge in [0.05, 0.1) is 26.8 Å². The van der Waals surface area contributed by atoms with E-state index in [1.165, 1.54) is 32.1 Å². The fourth-order valence-corrected chi connectivity index (χ4v) is 7.76. The lowest BCUT2D eigenvalue weighted by Crippen LogP contribution is -2.49. The van der Waals surface area contributed by atoms with Crippen LogP contribution in [0, 0.1) is 33.5 Å². The Morgan fingerprint density at radius 2 is 1.37 bits per heavy atom. The van der Waals surface area contributed by atoms with Crippen molar-refractivity contribution in [1.29, 1.82) is 0 Å². The van der Waals surface area contributed by atoms with Crippen LogP contribution in [0.3, 0.4) is 0 Å². The van der Waals surface area contributed by atoms with E-state index in [1.807, 2.05) is 0 Å². The Morgan fingerprint density at radius 3 is 1.80 bits per heavy atom. The Balaban J connectivity index is 1.26.